The highest BCUT2D eigenvalue weighted by molar-refractivity contribution is 6.30. The maximum absolute atomic E-state index is 14.5. The van der Waals surface area contributed by atoms with Gasteiger partial charge in [0.25, 0.3) is 0 Å². The Hall–Kier alpha value is -2.38. The van der Waals surface area contributed by atoms with Crippen LogP contribution in [0.3, 0.4) is 0 Å². The highest BCUT2D eigenvalue weighted by Crippen LogP contribution is 2.57. The Morgan fingerprint density at radius 2 is 1.62 bits per heavy atom. The van der Waals surface area contributed by atoms with Gasteiger partial charge in [-0.1, -0.05) is 77.1 Å². The predicted octanol–water partition coefficient (Wildman–Crippen LogP) is 5.19. The van der Waals surface area contributed by atoms with E-state index in [0.717, 1.165) is 32.1 Å². The van der Waals surface area contributed by atoms with Gasteiger partial charge in [0.05, 0.1) is 17.9 Å². The second-order valence-corrected chi connectivity index (χ2v) is 13.6. The summed E-state index contributed by atoms with van der Waals surface area (Å²) in [4.78, 5) is 44.4. The number of fused-ring (bicyclic) bond motifs is 1. The molecule has 4 fully saturated rings. The van der Waals surface area contributed by atoms with Crippen molar-refractivity contribution in [1.82, 2.24) is 10.2 Å². The zero-order valence-corrected chi connectivity index (χ0v) is 24.7. The van der Waals surface area contributed by atoms with Crippen LogP contribution < -0.4 is 10.6 Å². The number of rotatable bonds is 5. The number of likely N-dealkylation sites (tertiary alicyclic amines) is 1. The Bertz CT molecular complexity index is 1200. The average molecular weight is 568 g/mol. The summed E-state index contributed by atoms with van der Waals surface area (Å²) in [5.74, 6) is -0.391. The molecule has 1 aromatic rings. The van der Waals surface area contributed by atoms with Gasteiger partial charge in [-0.25, -0.2) is 0 Å². The van der Waals surface area contributed by atoms with Crippen LogP contribution in [0.15, 0.2) is 36.4 Å². The van der Waals surface area contributed by atoms with E-state index < -0.39 is 29.6 Å². The molecule has 7 nitrogen and oxygen atoms in total. The molecule has 2 saturated carbocycles. The van der Waals surface area contributed by atoms with E-state index in [1.54, 1.807) is 24.3 Å². The quantitative estimate of drug-likeness (QED) is 0.479. The minimum Gasteiger partial charge on any atom is -0.359 e. The summed E-state index contributed by atoms with van der Waals surface area (Å²) in [5, 5.41) is 6.93. The van der Waals surface area contributed by atoms with E-state index in [1.165, 1.54) is 6.42 Å². The summed E-state index contributed by atoms with van der Waals surface area (Å²) in [7, 11) is 0. The summed E-state index contributed by atoms with van der Waals surface area (Å²) in [5.41, 5.74) is -0.528. The third kappa shape index (κ3) is 4.39. The monoisotopic (exact) mass is 567 g/mol. The minimum absolute atomic E-state index is 0.0642. The molecule has 0 radical (unpaired) electrons. The van der Waals surface area contributed by atoms with Crippen molar-refractivity contribution in [3.8, 4) is 0 Å². The largest absolute Gasteiger partial charge is 0.359 e. The van der Waals surface area contributed by atoms with Crippen molar-refractivity contribution in [2.75, 3.05) is 5.32 Å². The fourth-order valence-electron chi connectivity index (χ4n) is 8.32. The van der Waals surface area contributed by atoms with Crippen LogP contribution in [0.5, 0.6) is 0 Å². The van der Waals surface area contributed by atoms with E-state index >= 15 is 0 Å². The first-order valence-corrected chi connectivity index (χ1v) is 15.6. The molecule has 6 rings (SSSR count). The summed E-state index contributed by atoms with van der Waals surface area (Å²) < 4.78 is 6.58. The first kappa shape index (κ1) is 27.8. The Kier molecular flexibility index (Phi) is 7.27. The molecule has 3 heterocycles. The van der Waals surface area contributed by atoms with Crippen molar-refractivity contribution in [3.05, 3.63) is 41.4 Å². The van der Waals surface area contributed by atoms with E-state index in [1.807, 2.05) is 17.1 Å². The molecule has 0 aromatic heterocycles. The van der Waals surface area contributed by atoms with Crippen LogP contribution >= 0.6 is 11.6 Å². The minimum atomic E-state index is -1.14. The van der Waals surface area contributed by atoms with Gasteiger partial charge >= 0.3 is 0 Å². The Labute approximate surface area is 242 Å². The normalized spacial score (nSPS) is 42.1. The van der Waals surface area contributed by atoms with E-state index in [0.29, 0.717) is 28.5 Å². The molecule has 40 heavy (non-hydrogen) atoms. The molecule has 8 heteroatoms. The molecular formula is C32H42ClN3O4. The molecule has 11 atom stereocenters. The van der Waals surface area contributed by atoms with Crippen molar-refractivity contribution >= 4 is 35.0 Å². The Morgan fingerprint density at radius 3 is 2.35 bits per heavy atom. The molecule has 0 unspecified atom stereocenters. The number of carbonyl (C=O) groups is 3. The van der Waals surface area contributed by atoms with Gasteiger partial charge in [-0.05, 0) is 60.8 Å². The highest BCUT2D eigenvalue weighted by Gasteiger charge is 2.73. The van der Waals surface area contributed by atoms with Crippen LogP contribution in [0.4, 0.5) is 5.69 Å². The van der Waals surface area contributed by atoms with Crippen molar-refractivity contribution in [3.63, 3.8) is 0 Å². The first-order chi connectivity index (χ1) is 19.1. The molecule has 3 amide bonds. The van der Waals surface area contributed by atoms with Gasteiger partial charge in [0.15, 0.2) is 0 Å². The molecule has 5 aliphatic rings. The van der Waals surface area contributed by atoms with Crippen LogP contribution in [-0.4, -0.2) is 52.5 Å². The molecular weight excluding hydrogens is 526 g/mol. The number of anilines is 1. The van der Waals surface area contributed by atoms with Crippen molar-refractivity contribution < 1.29 is 19.1 Å². The van der Waals surface area contributed by atoms with Crippen molar-refractivity contribution in [2.45, 2.75) is 96.1 Å². The van der Waals surface area contributed by atoms with Crippen LogP contribution in [0.1, 0.15) is 66.2 Å². The Balaban J connectivity index is 1.34. The number of ether oxygens (including phenoxy) is 1. The maximum atomic E-state index is 14.5. The van der Waals surface area contributed by atoms with E-state index in [2.05, 4.69) is 38.3 Å². The molecule has 2 bridgehead atoms. The zero-order valence-electron chi connectivity index (χ0n) is 23.9. The smallest absolute Gasteiger partial charge is 0.246 e. The number of benzene rings is 1. The number of carbonyl (C=O) groups excluding carboxylic acids is 3. The lowest BCUT2D eigenvalue weighted by Crippen LogP contribution is -2.61. The molecule has 2 saturated heterocycles. The predicted molar refractivity (Wildman–Crippen MR) is 155 cm³/mol. The second kappa shape index (κ2) is 10.5. The van der Waals surface area contributed by atoms with Gasteiger partial charge in [0.2, 0.25) is 17.7 Å². The van der Waals surface area contributed by atoms with Gasteiger partial charge in [-0.3, -0.25) is 14.4 Å². The Morgan fingerprint density at radius 1 is 0.950 bits per heavy atom. The molecule has 1 spiro atoms. The third-order valence-electron chi connectivity index (χ3n) is 11.0. The molecule has 216 valence electrons. The zero-order chi connectivity index (χ0) is 28.3. The van der Waals surface area contributed by atoms with E-state index in [-0.39, 0.29) is 35.7 Å². The average Bonchev–Trinajstić information content (AvgIpc) is 3.57. The van der Waals surface area contributed by atoms with Crippen molar-refractivity contribution in [2.24, 2.45) is 35.5 Å². The number of hydrogen-bond donors (Lipinski definition) is 2. The first-order valence-electron chi connectivity index (χ1n) is 15.2. The standard InChI is InChI=1S/C32H42ClN3O4/c1-17-7-5-9-23(19(17)3)35-30(38)28-32-16-15-25(40-32)26(29(37)34-22-13-11-21(33)12-14-22)27(32)31(39)36(28)24-10-6-8-18(2)20(24)4/h11-20,23-28H,5-10H2,1-4H3,(H,34,37)(H,35,38)/t17-,18+,19-,20+,23+,24-,25+,26-,27+,28+,32+/m1/s1. The lowest BCUT2D eigenvalue weighted by Gasteiger charge is -2.44. The number of nitrogens with zero attached hydrogens (tertiary/aromatic N) is 1. The van der Waals surface area contributed by atoms with Crippen LogP contribution in [0.25, 0.3) is 0 Å². The summed E-state index contributed by atoms with van der Waals surface area (Å²) in [6.07, 6.45) is 9.44. The maximum Gasteiger partial charge on any atom is 0.246 e. The van der Waals surface area contributed by atoms with Gasteiger partial charge in [0, 0.05) is 22.8 Å². The lowest BCUT2D eigenvalue weighted by atomic mass is 9.73. The van der Waals surface area contributed by atoms with Crippen molar-refractivity contribution in [1.29, 1.82) is 0 Å². The fraction of sp³-hybridized carbons (Fsp3) is 0.656. The number of nitrogens with one attached hydrogen (secondary N) is 2. The number of hydrogen-bond acceptors (Lipinski definition) is 4. The second-order valence-electron chi connectivity index (χ2n) is 13.2. The highest BCUT2D eigenvalue weighted by atomic mass is 35.5. The summed E-state index contributed by atoms with van der Waals surface area (Å²) in [6, 6.07) is 6.15. The fourth-order valence-corrected chi connectivity index (χ4v) is 8.44. The van der Waals surface area contributed by atoms with Gasteiger partial charge in [0.1, 0.15) is 11.6 Å². The molecule has 2 N–H and O–H groups in total. The molecule has 1 aromatic carbocycles. The lowest BCUT2D eigenvalue weighted by molar-refractivity contribution is -0.146. The molecule has 2 aliphatic carbocycles. The number of halogens is 1. The third-order valence-corrected chi connectivity index (χ3v) is 11.3. The summed E-state index contributed by atoms with van der Waals surface area (Å²) in [6.45, 7) is 8.91. The van der Waals surface area contributed by atoms with Crippen LogP contribution in [0, 0.1) is 35.5 Å². The van der Waals surface area contributed by atoms with Gasteiger partial charge < -0.3 is 20.3 Å². The van der Waals surface area contributed by atoms with E-state index in [9.17, 15) is 14.4 Å². The molecule has 3 aliphatic heterocycles. The summed E-state index contributed by atoms with van der Waals surface area (Å²) >= 11 is 6.03. The topological polar surface area (TPSA) is 87.7 Å². The SMILES string of the molecule is C[C@@H]1[C@H](C)CCC[C@@H]1NC(=O)[C@@H]1N([C@@H]2CCC[C@H](C)[C@@H]2C)C(=O)[C@@H]2[C@H](C(=O)Nc3ccc(Cl)cc3)[C@@H]3C=C[C@]21O3. The number of amides is 3. The van der Waals surface area contributed by atoms with Gasteiger partial charge in [-0.2, -0.15) is 0 Å². The van der Waals surface area contributed by atoms with Gasteiger partial charge in [-0.15, -0.1) is 0 Å². The van der Waals surface area contributed by atoms with E-state index in [4.69, 9.17) is 16.3 Å². The van der Waals surface area contributed by atoms with Crippen LogP contribution in [0.2, 0.25) is 5.02 Å². The van der Waals surface area contributed by atoms with Crippen LogP contribution in [-0.2, 0) is 19.1 Å².